The first kappa shape index (κ1) is 14.4. The van der Waals surface area contributed by atoms with Gasteiger partial charge < -0.3 is 16.2 Å². The van der Waals surface area contributed by atoms with Crippen molar-refractivity contribution in [3.63, 3.8) is 0 Å². The van der Waals surface area contributed by atoms with Gasteiger partial charge in [-0.3, -0.25) is 4.79 Å². The molecule has 0 aromatic heterocycles. The summed E-state index contributed by atoms with van der Waals surface area (Å²) < 4.78 is 12.9. The molecule has 0 aliphatic rings. The molecule has 1 amide bonds. The number of hydrogen-bond acceptors (Lipinski definition) is 3. The minimum absolute atomic E-state index is 0.00184. The van der Waals surface area contributed by atoms with E-state index in [-0.39, 0.29) is 18.0 Å². The number of anilines is 1. The van der Waals surface area contributed by atoms with Crippen LogP contribution in [0.5, 0.6) is 0 Å². The van der Waals surface area contributed by atoms with Crippen LogP contribution in [-0.4, -0.2) is 17.6 Å². The molecule has 100 valence electrons. The van der Waals surface area contributed by atoms with Gasteiger partial charge in [0.15, 0.2) is 0 Å². The summed E-state index contributed by atoms with van der Waals surface area (Å²) in [4.78, 5) is 11.4. The van der Waals surface area contributed by atoms with Gasteiger partial charge in [-0.1, -0.05) is 13.0 Å². The van der Waals surface area contributed by atoms with Crippen molar-refractivity contribution in [2.75, 3.05) is 12.3 Å². The van der Waals surface area contributed by atoms with Gasteiger partial charge in [-0.2, -0.15) is 0 Å². The molecule has 4 N–H and O–H groups in total. The van der Waals surface area contributed by atoms with E-state index < -0.39 is 11.9 Å². The minimum atomic E-state index is -0.805. The average molecular weight is 254 g/mol. The highest BCUT2D eigenvalue weighted by Gasteiger charge is 2.11. The highest BCUT2D eigenvalue weighted by Crippen LogP contribution is 2.21. The highest BCUT2D eigenvalue weighted by atomic mass is 19.1. The molecule has 0 spiro atoms. The van der Waals surface area contributed by atoms with Crippen molar-refractivity contribution in [2.45, 2.75) is 32.3 Å². The number of rotatable bonds is 6. The van der Waals surface area contributed by atoms with Crippen LogP contribution in [0.4, 0.5) is 10.1 Å². The molecule has 5 heteroatoms. The van der Waals surface area contributed by atoms with Gasteiger partial charge in [0.25, 0.3) is 0 Å². The molecular weight excluding hydrogens is 235 g/mol. The van der Waals surface area contributed by atoms with E-state index in [1.165, 1.54) is 18.2 Å². The fourth-order valence-corrected chi connectivity index (χ4v) is 1.56. The van der Waals surface area contributed by atoms with Crippen LogP contribution in [-0.2, 0) is 4.79 Å². The van der Waals surface area contributed by atoms with E-state index in [9.17, 15) is 14.3 Å². The number of halogens is 1. The molecule has 1 aromatic carbocycles. The Hall–Kier alpha value is -1.62. The molecule has 18 heavy (non-hydrogen) atoms. The van der Waals surface area contributed by atoms with Crippen LogP contribution in [0.3, 0.4) is 0 Å². The zero-order valence-corrected chi connectivity index (χ0v) is 10.4. The van der Waals surface area contributed by atoms with Crippen LogP contribution in [0, 0.1) is 5.82 Å². The van der Waals surface area contributed by atoms with Gasteiger partial charge >= 0.3 is 0 Å². The third-order valence-electron chi connectivity index (χ3n) is 2.62. The number of hydrogen-bond donors (Lipinski definition) is 3. The normalized spacial score (nSPS) is 12.2. The summed E-state index contributed by atoms with van der Waals surface area (Å²) in [6.07, 6.45) is 0.599. The molecule has 0 fully saturated rings. The van der Waals surface area contributed by atoms with Gasteiger partial charge in [-0.15, -0.1) is 0 Å². The molecule has 1 unspecified atom stereocenters. The quantitative estimate of drug-likeness (QED) is 0.677. The van der Waals surface area contributed by atoms with Crippen LogP contribution < -0.4 is 11.1 Å². The lowest BCUT2D eigenvalue weighted by Gasteiger charge is -2.11. The molecule has 0 aliphatic carbocycles. The molecule has 1 atom stereocenters. The number of nitrogen functional groups attached to an aromatic ring is 1. The molecule has 0 bridgehead atoms. The number of carbonyl (C=O) groups is 1. The number of aliphatic hydroxyl groups is 1. The van der Waals surface area contributed by atoms with Crippen LogP contribution in [0.15, 0.2) is 18.2 Å². The van der Waals surface area contributed by atoms with Crippen LogP contribution >= 0.6 is 0 Å². The first-order valence-corrected chi connectivity index (χ1v) is 6.04. The van der Waals surface area contributed by atoms with Gasteiger partial charge in [-0.25, -0.2) is 4.39 Å². The first-order valence-electron chi connectivity index (χ1n) is 6.04. The largest absolute Gasteiger partial charge is 0.396 e. The highest BCUT2D eigenvalue weighted by molar-refractivity contribution is 5.75. The Morgan fingerprint density at radius 1 is 1.56 bits per heavy atom. The smallest absolute Gasteiger partial charge is 0.220 e. The molecule has 0 saturated carbocycles. The number of carbonyl (C=O) groups excluding carboxylic acids is 1. The number of nitrogens with one attached hydrogen (secondary N) is 1. The summed E-state index contributed by atoms with van der Waals surface area (Å²) in [5, 5.41) is 12.6. The number of benzene rings is 1. The maximum atomic E-state index is 12.9. The third kappa shape index (κ3) is 4.33. The standard InChI is InChI=1S/C13H19FN2O2/c1-2-7-16-13(18)6-5-12(17)9-3-4-10(14)11(15)8-9/h3-4,8,12,17H,2,5-7,15H2,1H3,(H,16,18). The van der Waals surface area contributed by atoms with Gasteiger partial charge in [0.05, 0.1) is 11.8 Å². The van der Waals surface area contributed by atoms with Crippen LogP contribution in [0.25, 0.3) is 0 Å². The number of nitrogens with two attached hydrogens (primary N) is 1. The van der Waals surface area contributed by atoms with Gasteiger partial charge in [0, 0.05) is 13.0 Å². The Morgan fingerprint density at radius 2 is 2.28 bits per heavy atom. The summed E-state index contributed by atoms with van der Waals surface area (Å²) in [5.41, 5.74) is 5.94. The predicted molar refractivity (Wildman–Crippen MR) is 68.3 cm³/mol. The Balaban J connectivity index is 2.47. The van der Waals surface area contributed by atoms with E-state index in [1.807, 2.05) is 6.92 Å². The number of amides is 1. The Bertz CT molecular complexity index is 410. The summed E-state index contributed by atoms with van der Waals surface area (Å²) >= 11 is 0. The van der Waals surface area contributed by atoms with E-state index >= 15 is 0 Å². The van der Waals surface area contributed by atoms with Gasteiger partial charge in [-0.05, 0) is 30.5 Å². The Kier molecular flexibility index (Phi) is 5.58. The fourth-order valence-electron chi connectivity index (χ4n) is 1.56. The van der Waals surface area contributed by atoms with E-state index in [4.69, 9.17) is 5.73 Å². The zero-order chi connectivity index (χ0) is 13.5. The number of aliphatic hydroxyl groups excluding tert-OH is 1. The minimum Gasteiger partial charge on any atom is -0.396 e. The van der Waals surface area contributed by atoms with Gasteiger partial charge in [0.2, 0.25) is 5.91 Å². The molecule has 0 saturated heterocycles. The molecule has 1 rings (SSSR count). The SMILES string of the molecule is CCCNC(=O)CCC(O)c1ccc(F)c(N)c1. The second-order valence-electron chi connectivity index (χ2n) is 4.19. The monoisotopic (exact) mass is 254 g/mol. The van der Waals surface area contributed by atoms with E-state index in [0.717, 1.165) is 6.42 Å². The Labute approximate surface area is 106 Å². The Morgan fingerprint density at radius 3 is 2.89 bits per heavy atom. The maximum absolute atomic E-state index is 12.9. The second kappa shape index (κ2) is 6.96. The lowest BCUT2D eigenvalue weighted by Crippen LogP contribution is -2.24. The molecule has 0 aliphatic heterocycles. The van der Waals surface area contributed by atoms with Crippen molar-refractivity contribution < 1.29 is 14.3 Å². The first-order chi connectivity index (χ1) is 8.54. The molecule has 4 nitrogen and oxygen atoms in total. The summed E-state index contributed by atoms with van der Waals surface area (Å²) in [6, 6.07) is 4.08. The average Bonchev–Trinajstić information content (AvgIpc) is 2.36. The topological polar surface area (TPSA) is 75.3 Å². The van der Waals surface area contributed by atoms with Crippen LogP contribution in [0.2, 0.25) is 0 Å². The van der Waals surface area contributed by atoms with Crippen molar-refractivity contribution >= 4 is 11.6 Å². The predicted octanol–water partition coefficient (Wildman–Crippen LogP) is 1.75. The van der Waals surface area contributed by atoms with Crippen molar-refractivity contribution in [3.8, 4) is 0 Å². The van der Waals surface area contributed by atoms with Crippen molar-refractivity contribution in [1.82, 2.24) is 5.32 Å². The van der Waals surface area contributed by atoms with Crippen LogP contribution in [0.1, 0.15) is 37.9 Å². The van der Waals surface area contributed by atoms with E-state index in [0.29, 0.717) is 18.5 Å². The molecule has 1 aromatic rings. The second-order valence-corrected chi connectivity index (χ2v) is 4.19. The molecule has 0 heterocycles. The molecule has 0 radical (unpaired) electrons. The third-order valence-corrected chi connectivity index (χ3v) is 2.62. The van der Waals surface area contributed by atoms with Crippen molar-refractivity contribution in [1.29, 1.82) is 0 Å². The van der Waals surface area contributed by atoms with Gasteiger partial charge in [0.1, 0.15) is 5.82 Å². The van der Waals surface area contributed by atoms with E-state index in [1.54, 1.807) is 0 Å². The zero-order valence-electron chi connectivity index (χ0n) is 10.4. The van der Waals surface area contributed by atoms with Crippen molar-refractivity contribution in [3.05, 3.63) is 29.6 Å². The summed E-state index contributed by atoms with van der Waals surface area (Å²) in [6.45, 7) is 2.61. The lowest BCUT2D eigenvalue weighted by molar-refractivity contribution is -0.121. The van der Waals surface area contributed by atoms with E-state index in [2.05, 4.69) is 5.32 Å². The summed E-state index contributed by atoms with van der Waals surface area (Å²) in [5.74, 6) is -0.599. The summed E-state index contributed by atoms with van der Waals surface area (Å²) in [7, 11) is 0. The molecular formula is C13H19FN2O2. The maximum Gasteiger partial charge on any atom is 0.220 e. The lowest BCUT2D eigenvalue weighted by atomic mass is 10.0. The van der Waals surface area contributed by atoms with Crippen molar-refractivity contribution in [2.24, 2.45) is 0 Å². The fraction of sp³-hybridized carbons (Fsp3) is 0.462.